The Kier molecular flexibility index (Phi) is 6.85. The molecule has 1 heterocycles. The number of halogens is 1. The van der Waals surface area contributed by atoms with Crippen LogP contribution in [0.2, 0.25) is 5.02 Å². The van der Waals surface area contributed by atoms with Crippen molar-refractivity contribution in [2.24, 2.45) is 0 Å². The number of carbonyl (C=O) groups excluding carboxylic acids is 1. The molecule has 1 unspecified atom stereocenters. The Labute approximate surface area is 170 Å². The number of nitrogens with one attached hydrogen (secondary N) is 1. The minimum Gasteiger partial charge on any atom is -0.379 e. The van der Waals surface area contributed by atoms with E-state index in [1.807, 2.05) is 18.2 Å². The average molecular weight is 423 g/mol. The molecule has 1 N–H and O–H groups in total. The maximum atomic E-state index is 12.8. The largest absolute Gasteiger partial charge is 0.379 e. The van der Waals surface area contributed by atoms with E-state index in [-0.39, 0.29) is 23.3 Å². The number of nitrogens with zero attached hydrogens (tertiary/aromatic N) is 1. The molecule has 0 radical (unpaired) electrons. The minimum atomic E-state index is -3.77. The molecule has 2 aromatic rings. The second-order valence-corrected chi connectivity index (χ2v) is 8.80. The summed E-state index contributed by atoms with van der Waals surface area (Å²) in [5.41, 5.74) is 1.23. The standard InChI is InChI=1S/C20H23ClN2O4S/c1-15(24)16-5-4-6-17(13-16)28(25,26)22-14-20(23-9-11-27-12-10-23)18-7-2-3-8-19(18)21/h2-8,13,20,22H,9-12,14H2,1H3. The molecule has 150 valence electrons. The van der Waals surface area contributed by atoms with Gasteiger partial charge in [0.1, 0.15) is 0 Å². The first-order chi connectivity index (χ1) is 13.4. The van der Waals surface area contributed by atoms with Crippen LogP contribution < -0.4 is 4.72 Å². The number of rotatable bonds is 7. The van der Waals surface area contributed by atoms with Crippen molar-refractivity contribution in [2.45, 2.75) is 17.9 Å². The second-order valence-electron chi connectivity index (χ2n) is 6.62. The molecule has 6 nitrogen and oxygen atoms in total. The first-order valence-electron chi connectivity index (χ1n) is 9.05. The lowest BCUT2D eigenvalue weighted by atomic mass is 10.0. The molecule has 1 aliphatic heterocycles. The van der Waals surface area contributed by atoms with Crippen LogP contribution in [0.5, 0.6) is 0 Å². The fourth-order valence-electron chi connectivity index (χ4n) is 3.22. The van der Waals surface area contributed by atoms with Gasteiger partial charge in [0.15, 0.2) is 5.78 Å². The maximum Gasteiger partial charge on any atom is 0.240 e. The number of morpholine rings is 1. The van der Waals surface area contributed by atoms with E-state index >= 15 is 0 Å². The zero-order chi connectivity index (χ0) is 20.1. The lowest BCUT2D eigenvalue weighted by Crippen LogP contribution is -2.43. The van der Waals surface area contributed by atoms with Crippen LogP contribution in [0.15, 0.2) is 53.4 Å². The summed E-state index contributed by atoms with van der Waals surface area (Å²) in [5.74, 6) is -0.181. The molecular weight excluding hydrogens is 400 g/mol. The summed E-state index contributed by atoms with van der Waals surface area (Å²) in [5, 5.41) is 0.594. The zero-order valence-electron chi connectivity index (χ0n) is 15.6. The maximum absolute atomic E-state index is 12.8. The Hall–Kier alpha value is -1.77. The molecule has 0 aromatic heterocycles. The predicted molar refractivity (Wildman–Crippen MR) is 108 cm³/mol. The molecule has 28 heavy (non-hydrogen) atoms. The van der Waals surface area contributed by atoms with E-state index < -0.39 is 10.0 Å². The van der Waals surface area contributed by atoms with Gasteiger partial charge < -0.3 is 4.74 Å². The van der Waals surface area contributed by atoms with E-state index in [1.54, 1.807) is 18.2 Å². The number of benzene rings is 2. The van der Waals surface area contributed by atoms with Crippen LogP contribution in [-0.4, -0.2) is 51.9 Å². The normalized spacial score (nSPS) is 16.6. The summed E-state index contributed by atoms with van der Waals surface area (Å²) >= 11 is 6.39. The van der Waals surface area contributed by atoms with Gasteiger partial charge in [-0.2, -0.15) is 0 Å². The van der Waals surface area contributed by atoms with Gasteiger partial charge in [-0.1, -0.05) is 41.9 Å². The van der Waals surface area contributed by atoms with Crippen LogP contribution in [0, 0.1) is 0 Å². The quantitative estimate of drug-likeness (QED) is 0.694. The van der Waals surface area contributed by atoms with Gasteiger partial charge >= 0.3 is 0 Å². The number of sulfonamides is 1. The van der Waals surface area contributed by atoms with E-state index in [0.717, 1.165) is 5.56 Å². The van der Waals surface area contributed by atoms with Gasteiger partial charge in [0.25, 0.3) is 0 Å². The van der Waals surface area contributed by atoms with Gasteiger partial charge in [0.2, 0.25) is 10.0 Å². The molecule has 0 aliphatic carbocycles. The summed E-state index contributed by atoms with van der Waals surface area (Å²) in [7, 11) is -3.77. The van der Waals surface area contributed by atoms with Gasteiger partial charge in [0, 0.05) is 36.3 Å². The second kappa shape index (κ2) is 9.15. The SMILES string of the molecule is CC(=O)c1cccc(S(=O)(=O)NCC(c2ccccc2Cl)N2CCOCC2)c1. The number of hydrogen-bond donors (Lipinski definition) is 1. The van der Waals surface area contributed by atoms with Crippen LogP contribution in [0.1, 0.15) is 28.9 Å². The van der Waals surface area contributed by atoms with Crippen LogP contribution >= 0.6 is 11.6 Å². The summed E-state index contributed by atoms with van der Waals surface area (Å²) < 4.78 is 33.7. The van der Waals surface area contributed by atoms with Crippen LogP contribution in [-0.2, 0) is 14.8 Å². The van der Waals surface area contributed by atoms with E-state index in [2.05, 4.69) is 9.62 Å². The smallest absolute Gasteiger partial charge is 0.240 e. The van der Waals surface area contributed by atoms with Crippen molar-refractivity contribution in [1.82, 2.24) is 9.62 Å². The first kappa shape index (κ1) is 21.0. The Morgan fingerprint density at radius 1 is 1.18 bits per heavy atom. The minimum absolute atomic E-state index is 0.0695. The Morgan fingerprint density at radius 2 is 1.89 bits per heavy atom. The highest BCUT2D eigenvalue weighted by molar-refractivity contribution is 7.89. The van der Waals surface area contributed by atoms with Crippen molar-refractivity contribution in [3.05, 3.63) is 64.7 Å². The van der Waals surface area contributed by atoms with Gasteiger partial charge in [-0.15, -0.1) is 0 Å². The molecule has 3 rings (SSSR count). The molecule has 1 aliphatic rings. The van der Waals surface area contributed by atoms with E-state index in [9.17, 15) is 13.2 Å². The fraction of sp³-hybridized carbons (Fsp3) is 0.350. The van der Waals surface area contributed by atoms with Crippen LogP contribution in [0.25, 0.3) is 0 Å². The van der Waals surface area contributed by atoms with E-state index in [1.165, 1.54) is 19.1 Å². The van der Waals surface area contributed by atoms with Gasteiger partial charge in [0.05, 0.1) is 18.1 Å². The fourth-order valence-corrected chi connectivity index (χ4v) is 4.57. The summed E-state index contributed by atoms with van der Waals surface area (Å²) in [4.78, 5) is 13.8. The third kappa shape index (κ3) is 4.98. The molecule has 0 amide bonds. The molecule has 0 bridgehead atoms. The zero-order valence-corrected chi connectivity index (χ0v) is 17.2. The lowest BCUT2D eigenvalue weighted by Gasteiger charge is -2.35. The molecule has 1 saturated heterocycles. The predicted octanol–water partition coefficient (Wildman–Crippen LogP) is 2.89. The van der Waals surface area contributed by atoms with Crippen LogP contribution in [0.4, 0.5) is 0 Å². The van der Waals surface area contributed by atoms with Gasteiger partial charge in [-0.3, -0.25) is 9.69 Å². The summed E-state index contributed by atoms with van der Waals surface area (Å²) in [6, 6.07) is 13.3. The Balaban J connectivity index is 1.84. The highest BCUT2D eigenvalue weighted by Gasteiger charge is 2.26. The van der Waals surface area contributed by atoms with Crippen molar-refractivity contribution in [1.29, 1.82) is 0 Å². The van der Waals surface area contributed by atoms with Crippen molar-refractivity contribution in [3.8, 4) is 0 Å². The summed E-state index contributed by atoms with van der Waals surface area (Å²) in [6.45, 7) is 4.14. The van der Waals surface area contributed by atoms with Gasteiger partial charge in [-0.25, -0.2) is 13.1 Å². The first-order valence-corrected chi connectivity index (χ1v) is 10.9. The van der Waals surface area contributed by atoms with E-state index in [4.69, 9.17) is 16.3 Å². The highest BCUT2D eigenvalue weighted by Crippen LogP contribution is 2.28. The third-order valence-corrected chi connectivity index (χ3v) is 6.53. The number of Topliss-reactive ketones (excluding diaryl/α,β-unsaturated/α-hetero) is 1. The molecule has 0 spiro atoms. The molecule has 1 atom stereocenters. The topological polar surface area (TPSA) is 75.7 Å². The van der Waals surface area contributed by atoms with Crippen LogP contribution in [0.3, 0.4) is 0 Å². The Bertz CT molecular complexity index is 943. The molecular formula is C20H23ClN2O4S. The number of hydrogen-bond acceptors (Lipinski definition) is 5. The molecule has 0 saturated carbocycles. The lowest BCUT2D eigenvalue weighted by molar-refractivity contribution is 0.0172. The highest BCUT2D eigenvalue weighted by atomic mass is 35.5. The van der Waals surface area contributed by atoms with E-state index in [0.29, 0.717) is 36.9 Å². The van der Waals surface area contributed by atoms with Crippen molar-refractivity contribution in [2.75, 3.05) is 32.8 Å². The van der Waals surface area contributed by atoms with Gasteiger partial charge in [-0.05, 0) is 30.7 Å². The molecule has 2 aromatic carbocycles. The van der Waals surface area contributed by atoms with Crippen molar-refractivity contribution < 1.29 is 17.9 Å². The molecule has 8 heteroatoms. The van der Waals surface area contributed by atoms with Crippen molar-refractivity contribution >= 4 is 27.4 Å². The number of ketones is 1. The van der Waals surface area contributed by atoms with Crippen molar-refractivity contribution in [3.63, 3.8) is 0 Å². The summed E-state index contributed by atoms with van der Waals surface area (Å²) in [6.07, 6.45) is 0. The Morgan fingerprint density at radius 3 is 2.57 bits per heavy atom. The average Bonchev–Trinajstić information content (AvgIpc) is 2.70. The third-order valence-electron chi connectivity index (χ3n) is 4.77. The number of carbonyl (C=O) groups is 1. The number of ether oxygens (including phenoxy) is 1. The molecule has 1 fully saturated rings. The monoisotopic (exact) mass is 422 g/mol.